The molecule has 0 N–H and O–H groups in total. The van der Waals surface area contributed by atoms with Gasteiger partial charge in [0.2, 0.25) is 0 Å². The summed E-state index contributed by atoms with van der Waals surface area (Å²) in [5.74, 6) is 0. The topological polar surface area (TPSA) is 35.5 Å². The van der Waals surface area contributed by atoms with Gasteiger partial charge in [0.15, 0.2) is 0 Å². The molecular weight excluding hydrogens is 212 g/mol. The van der Waals surface area contributed by atoms with E-state index in [0.717, 1.165) is 11.8 Å². The van der Waals surface area contributed by atoms with Crippen LogP contribution in [0.15, 0.2) is 0 Å². The predicted molar refractivity (Wildman–Crippen MR) is 43.8 cm³/mol. The van der Waals surface area contributed by atoms with Crippen LogP contribution in [0.5, 0.6) is 0 Å². The van der Waals surface area contributed by atoms with E-state index in [9.17, 15) is 4.79 Å². The lowest BCUT2D eigenvalue weighted by molar-refractivity contribution is -0.0507. The minimum atomic E-state index is -0.546. The fourth-order valence-electron chi connectivity index (χ4n) is 0.883. The fourth-order valence-corrected chi connectivity index (χ4v) is 1.60. The molecule has 1 saturated heterocycles. The Labute approximate surface area is 74.2 Å². The van der Waals surface area contributed by atoms with Crippen LogP contribution in [-0.2, 0) is 9.47 Å². The Bertz CT molecular complexity index is 142. The molecule has 0 atom stereocenters. The summed E-state index contributed by atoms with van der Waals surface area (Å²) in [7, 11) is 0. The minimum absolute atomic E-state index is 0.00604. The van der Waals surface area contributed by atoms with E-state index in [1.165, 1.54) is 0 Å². The van der Waals surface area contributed by atoms with Crippen LogP contribution in [-0.4, -0.2) is 24.7 Å². The van der Waals surface area contributed by atoms with E-state index >= 15 is 0 Å². The normalized spacial score (nSPS) is 22.2. The van der Waals surface area contributed by atoms with E-state index in [4.69, 9.17) is 9.47 Å². The van der Waals surface area contributed by atoms with Crippen molar-refractivity contribution in [3.05, 3.63) is 0 Å². The summed E-state index contributed by atoms with van der Waals surface area (Å²) in [4.78, 5) is 10.5. The maximum Gasteiger partial charge on any atom is 0.508 e. The lowest BCUT2D eigenvalue weighted by Crippen LogP contribution is -2.40. The second kappa shape index (κ2) is 3.43. The molecule has 0 aliphatic carbocycles. The van der Waals surface area contributed by atoms with E-state index in [2.05, 4.69) is 22.9 Å². The van der Waals surface area contributed by atoms with Crippen LogP contribution in [0.4, 0.5) is 4.79 Å². The van der Waals surface area contributed by atoms with Crippen LogP contribution >= 0.6 is 15.9 Å². The maximum absolute atomic E-state index is 10.5. The van der Waals surface area contributed by atoms with E-state index in [0.29, 0.717) is 13.2 Å². The van der Waals surface area contributed by atoms with Crippen LogP contribution in [0.3, 0.4) is 0 Å². The third-order valence-electron chi connectivity index (χ3n) is 2.03. The van der Waals surface area contributed by atoms with Crippen molar-refractivity contribution in [3.8, 4) is 0 Å². The van der Waals surface area contributed by atoms with Gasteiger partial charge in [-0.3, -0.25) is 0 Å². The van der Waals surface area contributed by atoms with Crippen molar-refractivity contribution >= 4 is 22.1 Å². The van der Waals surface area contributed by atoms with Gasteiger partial charge in [0.25, 0.3) is 0 Å². The van der Waals surface area contributed by atoms with E-state index in [-0.39, 0.29) is 5.41 Å². The molecule has 3 nitrogen and oxygen atoms in total. The van der Waals surface area contributed by atoms with Gasteiger partial charge in [-0.05, 0) is 6.42 Å². The first-order valence-electron chi connectivity index (χ1n) is 3.58. The molecule has 1 heterocycles. The van der Waals surface area contributed by atoms with Crippen LogP contribution in [0, 0.1) is 5.41 Å². The molecule has 0 radical (unpaired) electrons. The van der Waals surface area contributed by atoms with Gasteiger partial charge in [-0.25, -0.2) is 4.79 Å². The molecule has 0 aromatic rings. The first-order chi connectivity index (χ1) is 5.22. The molecule has 0 amide bonds. The van der Waals surface area contributed by atoms with Gasteiger partial charge < -0.3 is 9.47 Å². The minimum Gasteiger partial charge on any atom is -0.434 e. The van der Waals surface area contributed by atoms with Gasteiger partial charge in [-0.1, -0.05) is 22.9 Å². The van der Waals surface area contributed by atoms with Crippen molar-refractivity contribution in [3.63, 3.8) is 0 Å². The average Bonchev–Trinajstić information content (AvgIpc) is 2.07. The van der Waals surface area contributed by atoms with Gasteiger partial charge in [0.05, 0.1) is 0 Å². The molecule has 0 aromatic carbocycles. The number of hydrogen-bond donors (Lipinski definition) is 0. The molecule has 1 rings (SSSR count). The van der Waals surface area contributed by atoms with Crippen molar-refractivity contribution in [2.45, 2.75) is 13.3 Å². The zero-order valence-electron chi connectivity index (χ0n) is 6.43. The smallest absolute Gasteiger partial charge is 0.434 e. The molecule has 1 fully saturated rings. The quantitative estimate of drug-likeness (QED) is 0.530. The summed E-state index contributed by atoms with van der Waals surface area (Å²) in [6.45, 7) is 2.99. The van der Waals surface area contributed by atoms with Gasteiger partial charge >= 0.3 is 6.16 Å². The highest BCUT2D eigenvalue weighted by Crippen LogP contribution is 2.28. The van der Waals surface area contributed by atoms with Crippen LogP contribution in [0.1, 0.15) is 13.3 Å². The molecule has 0 saturated carbocycles. The number of ether oxygens (including phenoxy) is 2. The molecule has 64 valence electrons. The zero-order valence-corrected chi connectivity index (χ0v) is 8.02. The van der Waals surface area contributed by atoms with Crippen molar-refractivity contribution in [1.82, 2.24) is 0 Å². The third kappa shape index (κ3) is 1.86. The molecule has 1 aliphatic rings. The van der Waals surface area contributed by atoms with Gasteiger partial charge in [0.1, 0.15) is 13.2 Å². The van der Waals surface area contributed by atoms with Crippen molar-refractivity contribution in [1.29, 1.82) is 0 Å². The van der Waals surface area contributed by atoms with Gasteiger partial charge in [-0.2, -0.15) is 0 Å². The summed E-state index contributed by atoms with van der Waals surface area (Å²) >= 11 is 3.38. The van der Waals surface area contributed by atoms with Crippen LogP contribution in [0.2, 0.25) is 0 Å². The Hall–Kier alpha value is -0.250. The molecule has 1 aliphatic heterocycles. The molecule has 0 aromatic heterocycles. The largest absolute Gasteiger partial charge is 0.508 e. The second-order valence-electron chi connectivity index (χ2n) is 2.81. The summed E-state index contributed by atoms with van der Waals surface area (Å²) in [6, 6.07) is 0. The summed E-state index contributed by atoms with van der Waals surface area (Å²) in [5.41, 5.74) is -0.00604. The lowest BCUT2D eigenvalue weighted by Gasteiger charge is -2.32. The number of halogens is 1. The SMILES string of the molecule is CCC1(CBr)COC(=O)OC1. The Morgan fingerprint density at radius 1 is 1.55 bits per heavy atom. The monoisotopic (exact) mass is 222 g/mol. The highest BCUT2D eigenvalue weighted by molar-refractivity contribution is 9.09. The summed E-state index contributed by atoms with van der Waals surface area (Å²) in [5, 5.41) is 0.809. The van der Waals surface area contributed by atoms with Crippen molar-refractivity contribution < 1.29 is 14.3 Å². The van der Waals surface area contributed by atoms with Crippen LogP contribution < -0.4 is 0 Å². The lowest BCUT2D eigenvalue weighted by atomic mass is 9.89. The third-order valence-corrected chi connectivity index (χ3v) is 3.22. The number of rotatable bonds is 2. The van der Waals surface area contributed by atoms with Crippen molar-refractivity contribution in [2.24, 2.45) is 5.41 Å². The molecular formula is C7H11BrO3. The number of hydrogen-bond acceptors (Lipinski definition) is 3. The fraction of sp³-hybridized carbons (Fsp3) is 0.857. The van der Waals surface area contributed by atoms with Gasteiger partial charge in [-0.15, -0.1) is 0 Å². The number of carbonyl (C=O) groups excluding carboxylic acids is 1. The predicted octanol–water partition coefficient (Wildman–Crippen LogP) is 1.94. The standard InChI is InChI=1S/C7H11BrO3/c1-2-7(3-8)4-10-6(9)11-5-7/h2-5H2,1H3. The molecule has 11 heavy (non-hydrogen) atoms. The van der Waals surface area contributed by atoms with Crippen molar-refractivity contribution in [2.75, 3.05) is 18.5 Å². The molecule has 0 unspecified atom stereocenters. The van der Waals surface area contributed by atoms with E-state index < -0.39 is 6.16 Å². The first-order valence-corrected chi connectivity index (χ1v) is 4.70. The highest BCUT2D eigenvalue weighted by atomic mass is 79.9. The Morgan fingerprint density at radius 3 is 2.45 bits per heavy atom. The number of cyclic esters (lactones) is 2. The van der Waals surface area contributed by atoms with E-state index in [1.807, 2.05) is 0 Å². The second-order valence-corrected chi connectivity index (χ2v) is 3.38. The van der Waals surface area contributed by atoms with E-state index in [1.54, 1.807) is 0 Å². The average molecular weight is 223 g/mol. The molecule has 4 heteroatoms. The summed E-state index contributed by atoms with van der Waals surface area (Å²) in [6.07, 6.45) is 0.404. The summed E-state index contributed by atoms with van der Waals surface area (Å²) < 4.78 is 9.57. The zero-order chi connectivity index (χ0) is 8.32. The van der Waals surface area contributed by atoms with Crippen LogP contribution in [0.25, 0.3) is 0 Å². The number of carbonyl (C=O) groups is 1. The Kier molecular flexibility index (Phi) is 2.76. The Morgan fingerprint density at radius 2 is 2.09 bits per heavy atom. The van der Waals surface area contributed by atoms with Gasteiger partial charge in [0, 0.05) is 10.7 Å². The maximum atomic E-state index is 10.5. The first kappa shape index (κ1) is 8.84. The number of alkyl halides is 1. The molecule has 0 bridgehead atoms. The highest BCUT2D eigenvalue weighted by Gasteiger charge is 2.34. The Balaban J connectivity index is 2.52. The molecule has 0 spiro atoms.